The lowest BCUT2D eigenvalue weighted by Crippen LogP contribution is -2.17. The lowest BCUT2D eigenvalue weighted by molar-refractivity contribution is 0.304. The summed E-state index contributed by atoms with van der Waals surface area (Å²) >= 11 is 32.5. The molecule has 6 heterocycles. The van der Waals surface area contributed by atoms with Gasteiger partial charge in [0.2, 0.25) is 0 Å². The Kier molecular flexibility index (Phi) is 35.3. The highest BCUT2D eigenvalue weighted by Gasteiger charge is 2.38. The third-order valence-electron chi connectivity index (χ3n) is 24.9. The molecule has 0 saturated carbocycles. The Morgan fingerprint density at radius 1 is 0.213 bits per heavy atom. The molecule has 136 heavy (non-hydrogen) atoms. The minimum Gasteiger partial charge on any atom is -0.493 e. The molecule has 0 saturated heterocycles. The van der Waals surface area contributed by atoms with Gasteiger partial charge in [-0.3, -0.25) is 0 Å². The first-order chi connectivity index (χ1) is 64.1. The van der Waals surface area contributed by atoms with E-state index in [0.717, 1.165) is 94.7 Å². The van der Waals surface area contributed by atoms with Gasteiger partial charge in [-0.25, -0.2) is 0 Å². The van der Waals surface area contributed by atoms with Crippen LogP contribution in [0.5, 0.6) is 23.0 Å². The summed E-state index contributed by atoms with van der Waals surface area (Å²) in [7, 11) is 0. The van der Waals surface area contributed by atoms with E-state index in [1.807, 2.05) is 188 Å². The van der Waals surface area contributed by atoms with Gasteiger partial charge in [0.25, 0.3) is 0 Å². The van der Waals surface area contributed by atoms with Crippen LogP contribution in [0.3, 0.4) is 0 Å². The fourth-order valence-electron chi connectivity index (χ4n) is 17.0. The molecule has 8 aromatic carbocycles. The molecule has 728 valence electrons. The first-order valence-electron chi connectivity index (χ1n) is 48.7. The van der Waals surface area contributed by atoms with Gasteiger partial charge < -0.3 is 18.9 Å². The fourth-order valence-corrected chi connectivity index (χ4v) is 40.4. The third-order valence-corrected chi connectivity index (χ3v) is 48.6. The van der Waals surface area contributed by atoms with Crippen LogP contribution in [0.15, 0.2) is 172 Å². The van der Waals surface area contributed by atoms with Crippen LogP contribution >= 0.6 is 188 Å². The number of thioether (sulfide) groups is 16. The van der Waals surface area contributed by atoms with E-state index < -0.39 is 0 Å². The van der Waals surface area contributed by atoms with Crippen LogP contribution in [0.2, 0.25) is 0 Å². The summed E-state index contributed by atoms with van der Waals surface area (Å²) in [5.74, 6) is 10.9. The number of ether oxygens (including phenoxy) is 4. The number of fused-ring (bicyclic) bond motifs is 8. The number of benzene rings is 8. The lowest BCUT2D eigenvalue weighted by Gasteiger charge is -2.26. The molecule has 7 aliphatic rings. The fraction of sp³-hybridized carbons (Fsp3) is 0.483. The number of rotatable bonds is 24. The summed E-state index contributed by atoms with van der Waals surface area (Å²) in [6.07, 6.45) is 6.17. The Balaban J connectivity index is 0.817. The standard InChI is InChI=1S/C116H144O4S16/c1-29-33-117-93-77-37-69-41-81(93)55-82-42-71-39-79(95(82)119-35-31-3)54-80-40-72(64-124-100-99(123-63-71)131-106(132-100)108-135-103(127-67-75-49-89(113(17,18)19)59-90(50-75)114(20,21)22)104(136-108)128-68-76-51-91(115(23,24)25)60-92(52-76)116(26,27)28)44-84(96(80)120-36-32-4)56-83-43-70(38-78(53-77)94(83)118-34-30-2)62-122-98-97(121-61-69)129-105(130-98)107-133-101(125-65-73-45-85(109(5,6)7)57-86(46-73)110(8,9)10)102(134-107)126-66-74-47-87(111(11,12)13)58-88(48-74)112(14,15)16/h37-52,57-60H,29-36,53-56,61-68H2,1-28H3. The van der Waals surface area contributed by atoms with Crippen molar-refractivity contribution in [2.45, 2.75) is 335 Å². The molecular weight excluding hydrogens is 1970 g/mol. The van der Waals surface area contributed by atoms with E-state index in [4.69, 9.17) is 18.9 Å². The monoisotopic (exact) mass is 2110 g/mol. The molecule has 15 rings (SSSR count). The molecule has 6 aliphatic heterocycles. The van der Waals surface area contributed by atoms with Gasteiger partial charge in [0.1, 0.15) is 23.0 Å². The first kappa shape index (κ1) is 107. The second-order valence-electron chi connectivity index (χ2n) is 45.3. The SMILES string of the molecule is CCCOc1c2cc3cc1Cc1cc4cc(c1OCCC)Cc1cc(cc(c1OCCC)Cc1cc(cc(c1OCCC)C2)CSC1=C(SC3)SC(=C2SC(SCc3cc(C(C)(C)C)cc(C(C)(C)C)c3)=C(SCc3cc(C(C)(C)C)cc(C(C)(C)C)c3)S2)S1)CSC1=C(SC4)SC(=C2SC(SCc3cc(C(C)(C)C)cc(C(C)(C)C)c3)=C(SCc3cc(C(C)(C)C)cc(C(C)(C)C)c3)S2)S1. The average molecular weight is 2120 g/mol. The van der Waals surface area contributed by atoms with Crippen LogP contribution < -0.4 is 18.9 Å². The number of hydrogen-bond acceptors (Lipinski definition) is 20. The van der Waals surface area contributed by atoms with Gasteiger partial charge in [-0.15, -0.1) is 94.1 Å². The van der Waals surface area contributed by atoms with Crippen molar-refractivity contribution in [3.8, 4) is 23.0 Å². The molecule has 4 nitrogen and oxygen atoms in total. The van der Waals surface area contributed by atoms with Crippen molar-refractivity contribution in [1.29, 1.82) is 0 Å². The van der Waals surface area contributed by atoms with Crippen LogP contribution in [0.25, 0.3) is 0 Å². The summed E-state index contributed by atoms with van der Waals surface area (Å²) in [6.45, 7) is 68.2. The molecule has 1 aliphatic carbocycles. The van der Waals surface area contributed by atoms with Crippen LogP contribution in [0.1, 0.15) is 353 Å². The van der Waals surface area contributed by atoms with Crippen molar-refractivity contribution in [2.24, 2.45) is 0 Å². The largest absolute Gasteiger partial charge is 0.493 e. The maximum atomic E-state index is 7.38. The smallest absolute Gasteiger partial charge is 0.126 e. The Hall–Kier alpha value is -3.00. The molecule has 20 heteroatoms. The normalized spacial score (nSPS) is 16.7. The first-order valence-corrected chi connectivity index (χ1v) is 63.1. The molecule has 12 bridgehead atoms. The quantitative estimate of drug-likeness (QED) is 0.0576. The van der Waals surface area contributed by atoms with Gasteiger partial charge in [0.15, 0.2) is 0 Å². The molecule has 0 aromatic heterocycles. The van der Waals surface area contributed by atoms with Gasteiger partial charge in [-0.05, 0) is 203 Å². The predicted octanol–water partition coefficient (Wildman–Crippen LogP) is 39.3. The summed E-state index contributed by atoms with van der Waals surface area (Å²) < 4.78 is 46.3. The highest BCUT2D eigenvalue weighted by molar-refractivity contribution is 8.46. The predicted molar refractivity (Wildman–Crippen MR) is 629 cm³/mol. The molecular formula is C116H144O4S16. The summed E-state index contributed by atoms with van der Waals surface area (Å²) in [5, 5.41) is 0. The minimum absolute atomic E-state index is 0.0285. The average Bonchev–Trinajstić information content (AvgIpc) is 1.65. The van der Waals surface area contributed by atoms with Gasteiger partial charge in [-0.1, -0.05) is 409 Å². The van der Waals surface area contributed by atoms with E-state index in [0.29, 0.717) is 52.1 Å². The number of hydrogen-bond donors (Lipinski definition) is 0. The molecule has 0 radical (unpaired) electrons. The summed E-state index contributed by atoms with van der Waals surface area (Å²) in [4.78, 5) is 0. The molecule has 8 aromatic rings. The van der Waals surface area contributed by atoms with Crippen molar-refractivity contribution in [1.82, 2.24) is 0 Å². The highest BCUT2D eigenvalue weighted by atomic mass is 32.3. The highest BCUT2D eigenvalue weighted by Crippen LogP contribution is 2.70. The van der Waals surface area contributed by atoms with Crippen LogP contribution in [-0.4, -0.2) is 26.4 Å². The second kappa shape index (κ2) is 44.7. The Morgan fingerprint density at radius 2 is 0.375 bits per heavy atom. The second-order valence-corrected chi connectivity index (χ2v) is 64.5. The molecule has 0 amide bonds. The minimum atomic E-state index is 0.0285. The van der Waals surface area contributed by atoms with Crippen molar-refractivity contribution < 1.29 is 18.9 Å². The third kappa shape index (κ3) is 27.3. The zero-order valence-corrected chi connectivity index (χ0v) is 98.9. The maximum Gasteiger partial charge on any atom is 0.126 e. The topological polar surface area (TPSA) is 36.9 Å². The van der Waals surface area contributed by atoms with E-state index in [-0.39, 0.29) is 43.3 Å². The van der Waals surface area contributed by atoms with E-state index in [1.165, 1.54) is 184 Å². The molecule has 0 N–H and O–H groups in total. The van der Waals surface area contributed by atoms with Gasteiger partial charge >= 0.3 is 0 Å². The summed E-state index contributed by atoms with van der Waals surface area (Å²) in [5.41, 5.74) is 32.0. The van der Waals surface area contributed by atoms with Crippen LogP contribution in [0, 0.1) is 0 Å². The zero-order valence-electron chi connectivity index (χ0n) is 85.9. The van der Waals surface area contributed by atoms with E-state index in [9.17, 15) is 0 Å². The van der Waals surface area contributed by atoms with Gasteiger partial charge in [0, 0.05) is 71.7 Å². The van der Waals surface area contributed by atoms with E-state index in [2.05, 4.69) is 315 Å². The molecule has 0 atom stereocenters. The van der Waals surface area contributed by atoms with Crippen molar-refractivity contribution in [2.75, 3.05) is 26.4 Å². The van der Waals surface area contributed by atoms with E-state index in [1.54, 1.807) is 0 Å². The molecule has 0 unspecified atom stereocenters. The zero-order chi connectivity index (χ0) is 97.5. The lowest BCUT2D eigenvalue weighted by atomic mass is 9.80. The maximum absolute atomic E-state index is 7.38. The van der Waals surface area contributed by atoms with E-state index >= 15 is 0 Å². The molecule has 0 spiro atoms. The van der Waals surface area contributed by atoms with Crippen LogP contribution in [-0.2, 0) is 115 Å². The Labute approximate surface area is 887 Å². The van der Waals surface area contributed by atoms with Crippen molar-refractivity contribution in [3.05, 3.63) is 306 Å². The van der Waals surface area contributed by atoms with Crippen LogP contribution in [0.4, 0.5) is 0 Å². The van der Waals surface area contributed by atoms with Gasteiger partial charge in [0.05, 0.1) is 77.3 Å². The molecule has 0 fully saturated rings. The summed E-state index contributed by atoms with van der Waals surface area (Å²) in [6, 6.07) is 50.0. The van der Waals surface area contributed by atoms with Gasteiger partial charge in [-0.2, -0.15) is 0 Å². The Bertz CT molecular complexity index is 5170. The Morgan fingerprint density at radius 3 is 0.529 bits per heavy atom. The van der Waals surface area contributed by atoms with Crippen molar-refractivity contribution in [3.63, 3.8) is 0 Å². The van der Waals surface area contributed by atoms with Crippen molar-refractivity contribution >= 4 is 188 Å².